The van der Waals surface area contributed by atoms with Crippen LogP contribution in [0.25, 0.3) is 0 Å². The number of piperidine rings is 1. The largest absolute Gasteiger partial charge is 0.330 e. The van der Waals surface area contributed by atoms with E-state index in [1.165, 1.54) is 6.07 Å². The first-order chi connectivity index (χ1) is 11.4. The van der Waals surface area contributed by atoms with Crippen LogP contribution in [-0.2, 0) is 4.79 Å². The number of amides is 1. The molecule has 1 aromatic rings. The molecule has 4 nitrogen and oxygen atoms in total. The Balaban J connectivity index is 2.09. The van der Waals surface area contributed by atoms with Crippen molar-refractivity contribution in [3.8, 4) is 0 Å². The van der Waals surface area contributed by atoms with Gasteiger partial charge in [-0.05, 0) is 63.0 Å². The highest BCUT2D eigenvalue weighted by Gasteiger charge is 2.24. The number of nitrogens with one attached hydrogen (secondary N) is 1. The predicted octanol–water partition coefficient (Wildman–Crippen LogP) is 3.09. The molecule has 1 amide bonds. The van der Waals surface area contributed by atoms with E-state index in [1.54, 1.807) is 13.8 Å². The average Bonchev–Trinajstić information content (AvgIpc) is 2.55. The zero-order valence-corrected chi connectivity index (χ0v) is 14.4. The molecule has 0 aromatic heterocycles. The molecule has 134 valence electrons. The fourth-order valence-corrected chi connectivity index (χ4v) is 3.03. The Morgan fingerprint density at radius 3 is 2.54 bits per heavy atom. The zero-order chi connectivity index (χ0) is 17.7. The van der Waals surface area contributed by atoms with Gasteiger partial charge in [0.25, 0.3) is 0 Å². The van der Waals surface area contributed by atoms with Crippen molar-refractivity contribution in [2.45, 2.75) is 39.0 Å². The Morgan fingerprint density at radius 1 is 1.29 bits per heavy atom. The van der Waals surface area contributed by atoms with Crippen LogP contribution in [0.3, 0.4) is 0 Å². The molecule has 0 bridgehead atoms. The van der Waals surface area contributed by atoms with Crippen LogP contribution in [0.15, 0.2) is 12.1 Å². The van der Waals surface area contributed by atoms with Crippen LogP contribution in [0.5, 0.6) is 0 Å². The fourth-order valence-electron chi connectivity index (χ4n) is 3.03. The number of carbonyl (C=O) groups is 1. The number of halogens is 2. The third kappa shape index (κ3) is 4.74. The van der Waals surface area contributed by atoms with Gasteiger partial charge in [-0.2, -0.15) is 0 Å². The molecule has 1 fully saturated rings. The van der Waals surface area contributed by atoms with Gasteiger partial charge in [-0.1, -0.05) is 13.8 Å². The summed E-state index contributed by atoms with van der Waals surface area (Å²) in [7, 11) is 0. The third-order valence-corrected chi connectivity index (χ3v) is 4.57. The van der Waals surface area contributed by atoms with Crippen LogP contribution in [0, 0.1) is 17.6 Å². The first kappa shape index (κ1) is 18.8. The fraction of sp³-hybridized carbons (Fsp3) is 0.611. The molecule has 0 saturated carbocycles. The van der Waals surface area contributed by atoms with E-state index in [1.807, 2.05) is 0 Å². The molecule has 1 aromatic carbocycles. The third-order valence-electron chi connectivity index (χ3n) is 4.57. The maximum Gasteiger partial charge on any atom is 0.227 e. The number of carbonyl (C=O) groups excluding carboxylic acids is 1. The van der Waals surface area contributed by atoms with Crippen LogP contribution in [0.2, 0.25) is 0 Å². The van der Waals surface area contributed by atoms with Gasteiger partial charge in [0.2, 0.25) is 5.91 Å². The Bertz CT molecular complexity index is 570. The van der Waals surface area contributed by atoms with Crippen molar-refractivity contribution in [1.82, 2.24) is 4.90 Å². The number of hydrogen-bond donors (Lipinski definition) is 2. The number of likely N-dealkylation sites (tertiary alicyclic amines) is 1. The Morgan fingerprint density at radius 2 is 1.96 bits per heavy atom. The minimum Gasteiger partial charge on any atom is -0.330 e. The van der Waals surface area contributed by atoms with E-state index in [2.05, 4.69) is 10.2 Å². The molecule has 1 aliphatic rings. The molecular formula is C18H27F2N3O. The summed E-state index contributed by atoms with van der Waals surface area (Å²) in [4.78, 5) is 14.1. The summed E-state index contributed by atoms with van der Waals surface area (Å²) in [6, 6.07) is 2.34. The molecule has 0 radical (unpaired) electrons. The van der Waals surface area contributed by atoms with Gasteiger partial charge in [0.15, 0.2) is 0 Å². The van der Waals surface area contributed by atoms with Crippen molar-refractivity contribution in [3.05, 3.63) is 29.3 Å². The lowest BCUT2D eigenvalue weighted by molar-refractivity contribution is -0.118. The van der Waals surface area contributed by atoms with E-state index < -0.39 is 11.6 Å². The van der Waals surface area contributed by atoms with E-state index in [4.69, 9.17) is 5.73 Å². The highest BCUT2D eigenvalue weighted by atomic mass is 19.1. The molecule has 24 heavy (non-hydrogen) atoms. The van der Waals surface area contributed by atoms with Crippen molar-refractivity contribution >= 4 is 11.6 Å². The van der Waals surface area contributed by atoms with Gasteiger partial charge in [0.1, 0.15) is 11.6 Å². The van der Waals surface area contributed by atoms with Crippen LogP contribution in [0.4, 0.5) is 14.5 Å². The van der Waals surface area contributed by atoms with Gasteiger partial charge < -0.3 is 16.0 Å². The topological polar surface area (TPSA) is 58.4 Å². The lowest BCUT2D eigenvalue weighted by atomic mass is 9.88. The summed E-state index contributed by atoms with van der Waals surface area (Å²) in [5.41, 5.74) is 6.09. The molecule has 0 spiro atoms. The molecule has 2 rings (SSSR count). The Kier molecular flexibility index (Phi) is 6.69. The molecule has 0 atom stereocenters. The van der Waals surface area contributed by atoms with Crippen molar-refractivity contribution in [2.24, 2.45) is 11.7 Å². The summed E-state index contributed by atoms with van der Waals surface area (Å²) in [6.45, 7) is 6.87. The maximum absolute atomic E-state index is 14.2. The SMILES string of the molecule is CC(C)C(=O)Nc1cc(C2CCN(CCCN)CC2)c(F)cc1F. The first-order valence-corrected chi connectivity index (χ1v) is 8.64. The molecule has 6 heteroatoms. The van der Waals surface area contributed by atoms with Gasteiger partial charge in [-0.25, -0.2) is 8.78 Å². The highest BCUT2D eigenvalue weighted by Crippen LogP contribution is 2.33. The summed E-state index contributed by atoms with van der Waals surface area (Å²) < 4.78 is 28.2. The van der Waals surface area contributed by atoms with Gasteiger partial charge in [0.05, 0.1) is 5.69 Å². The van der Waals surface area contributed by atoms with Crippen molar-refractivity contribution < 1.29 is 13.6 Å². The Labute approximate surface area is 142 Å². The standard InChI is InChI=1S/C18H27F2N3O/c1-12(2)18(24)22-17-10-14(15(19)11-16(17)20)13-4-8-23(9-5-13)7-3-6-21/h10-13H,3-9,21H2,1-2H3,(H,22,24). The summed E-state index contributed by atoms with van der Waals surface area (Å²) in [5.74, 6) is -1.75. The molecule has 1 heterocycles. The van der Waals surface area contributed by atoms with Crippen LogP contribution in [-0.4, -0.2) is 37.0 Å². The highest BCUT2D eigenvalue weighted by molar-refractivity contribution is 5.92. The van der Waals surface area contributed by atoms with Crippen LogP contribution < -0.4 is 11.1 Å². The number of nitrogens with zero attached hydrogens (tertiary/aromatic N) is 1. The van der Waals surface area contributed by atoms with E-state index >= 15 is 0 Å². The van der Waals surface area contributed by atoms with E-state index in [9.17, 15) is 13.6 Å². The maximum atomic E-state index is 14.2. The average molecular weight is 339 g/mol. The van der Waals surface area contributed by atoms with E-state index in [-0.39, 0.29) is 23.4 Å². The number of hydrogen-bond acceptors (Lipinski definition) is 3. The molecule has 0 aliphatic carbocycles. The van der Waals surface area contributed by atoms with Gasteiger partial charge in [-0.3, -0.25) is 4.79 Å². The van der Waals surface area contributed by atoms with Crippen LogP contribution in [0.1, 0.15) is 44.6 Å². The van der Waals surface area contributed by atoms with Gasteiger partial charge in [-0.15, -0.1) is 0 Å². The number of nitrogens with two attached hydrogens (primary N) is 1. The number of rotatable bonds is 6. The van der Waals surface area contributed by atoms with E-state index in [0.29, 0.717) is 12.1 Å². The van der Waals surface area contributed by atoms with Gasteiger partial charge in [0, 0.05) is 12.0 Å². The molecule has 1 saturated heterocycles. The second-order valence-electron chi connectivity index (χ2n) is 6.76. The lowest BCUT2D eigenvalue weighted by Crippen LogP contribution is -2.34. The molecular weight excluding hydrogens is 312 g/mol. The minimum absolute atomic E-state index is 0.0504. The Hall–Kier alpha value is -1.53. The smallest absolute Gasteiger partial charge is 0.227 e. The number of anilines is 1. The molecule has 1 aliphatic heterocycles. The first-order valence-electron chi connectivity index (χ1n) is 8.64. The van der Waals surface area contributed by atoms with Crippen molar-refractivity contribution in [2.75, 3.05) is 31.5 Å². The normalized spacial score (nSPS) is 16.6. The molecule has 3 N–H and O–H groups in total. The van der Waals surface area contributed by atoms with Crippen molar-refractivity contribution in [3.63, 3.8) is 0 Å². The number of benzene rings is 1. The summed E-state index contributed by atoms with van der Waals surface area (Å²) in [5, 5.41) is 2.55. The summed E-state index contributed by atoms with van der Waals surface area (Å²) >= 11 is 0. The second-order valence-corrected chi connectivity index (χ2v) is 6.76. The lowest BCUT2D eigenvalue weighted by Gasteiger charge is -2.32. The molecule has 0 unspecified atom stereocenters. The minimum atomic E-state index is -0.731. The van der Waals surface area contributed by atoms with E-state index in [0.717, 1.165) is 45.0 Å². The zero-order valence-electron chi connectivity index (χ0n) is 14.4. The van der Waals surface area contributed by atoms with Crippen LogP contribution >= 0.6 is 0 Å². The van der Waals surface area contributed by atoms with Crippen molar-refractivity contribution in [1.29, 1.82) is 0 Å². The monoisotopic (exact) mass is 339 g/mol. The predicted molar refractivity (Wildman–Crippen MR) is 91.9 cm³/mol. The second kappa shape index (κ2) is 8.53. The summed E-state index contributed by atoms with van der Waals surface area (Å²) in [6.07, 6.45) is 2.61. The quantitative estimate of drug-likeness (QED) is 0.837. The van der Waals surface area contributed by atoms with Gasteiger partial charge >= 0.3 is 0 Å².